The normalized spacial score (nSPS) is 12.2. The van der Waals surface area contributed by atoms with Gasteiger partial charge in [0.1, 0.15) is 0 Å². The first-order valence-electron chi connectivity index (χ1n) is 11.5. The average Bonchev–Trinajstić information content (AvgIpc) is 3.31. The maximum Gasteiger partial charge on any atom is 0.416 e. The van der Waals surface area contributed by atoms with Crippen molar-refractivity contribution in [3.05, 3.63) is 112 Å². The van der Waals surface area contributed by atoms with Crippen LogP contribution < -0.4 is 5.56 Å². The molecule has 2 aromatic heterocycles. The van der Waals surface area contributed by atoms with Crippen molar-refractivity contribution < 1.29 is 21.6 Å². The number of sulfone groups is 1. The summed E-state index contributed by atoms with van der Waals surface area (Å²) in [5.41, 5.74) is 1.07. The van der Waals surface area contributed by atoms with Gasteiger partial charge in [0.15, 0.2) is 0 Å². The van der Waals surface area contributed by atoms with Crippen LogP contribution in [0.15, 0.2) is 89.1 Å². The predicted molar refractivity (Wildman–Crippen MR) is 136 cm³/mol. The zero-order chi connectivity index (χ0) is 27.2. The van der Waals surface area contributed by atoms with E-state index >= 15 is 0 Å². The van der Waals surface area contributed by atoms with E-state index in [1.807, 2.05) is 43.3 Å². The average molecular weight is 539 g/mol. The summed E-state index contributed by atoms with van der Waals surface area (Å²) in [7, 11) is -4.07. The number of alkyl halides is 3. The summed E-state index contributed by atoms with van der Waals surface area (Å²) in [6.07, 6.45) is -2.13. The van der Waals surface area contributed by atoms with Gasteiger partial charge in [0.05, 0.1) is 17.0 Å². The van der Waals surface area contributed by atoms with Crippen LogP contribution in [-0.4, -0.2) is 27.6 Å². The molecule has 0 amide bonds. The Morgan fingerprint density at radius 3 is 2.29 bits per heavy atom. The topological polar surface area (TPSA) is 86.3 Å². The van der Waals surface area contributed by atoms with E-state index in [2.05, 4.69) is 10.2 Å². The lowest BCUT2D eigenvalue weighted by atomic mass is 10.00. The Morgan fingerprint density at radius 1 is 0.868 bits per heavy atom. The van der Waals surface area contributed by atoms with Gasteiger partial charge in [-0.2, -0.15) is 13.2 Å². The quantitative estimate of drug-likeness (QED) is 0.309. The molecule has 0 N–H and O–H groups in total. The lowest BCUT2D eigenvalue weighted by Gasteiger charge is -2.15. The number of nitrogens with zero attached hydrogens (tertiary/aromatic N) is 4. The molecule has 0 radical (unpaired) electrons. The summed E-state index contributed by atoms with van der Waals surface area (Å²) in [5.74, 6) is -0.395. The molecular formula is C27H21F3N4O3S. The van der Waals surface area contributed by atoms with Gasteiger partial charge in [-0.05, 0) is 48.2 Å². The Morgan fingerprint density at radius 2 is 1.58 bits per heavy atom. The molecule has 2 heterocycles. The molecule has 0 spiro atoms. The largest absolute Gasteiger partial charge is 0.416 e. The van der Waals surface area contributed by atoms with Crippen molar-refractivity contribution in [1.29, 1.82) is 0 Å². The molecule has 194 valence electrons. The second-order valence-corrected chi connectivity index (χ2v) is 10.8. The zero-order valence-corrected chi connectivity index (χ0v) is 21.1. The maximum atomic E-state index is 13.4. The van der Waals surface area contributed by atoms with E-state index in [0.717, 1.165) is 31.7 Å². The van der Waals surface area contributed by atoms with E-state index in [1.54, 1.807) is 12.1 Å². The van der Waals surface area contributed by atoms with Gasteiger partial charge in [0.25, 0.3) is 5.16 Å². The first-order valence-corrected chi connectivity index (χ1v) is 13.1. The van der Waals surface area contributed by atoms with E-state index in [-0.39, 0.29) is 16.9 Å². The Kier molecular flexibility index (Phi) is 6.18. The Labute approximate surface area is 215 Å². The maximum absolute atomic E-state index is 13.4. The van der Waals surface area contributed by atoms with Crippen molar-refractivity contribution in [2.24, 2.45) is 0 Å². The molecule has 0 fully saturated rings. The van der Waals surface area contributed by atoms with Crippen LogP contribution in [0.5, 0.6) is 0 Å². The van der Waals surface area contributed by atoms with Crippen LogP contribution in [0.2, 0.25) is 0 Å². The van der Waals surface area contributed by atoms with Gasteiger partial charge in [-0.3, -0.25) is 13.8 Å². The van der Waals surface area contributed by atoms with Gasteiger partial charge in [-0.15, -0.1) is 10.2 Å². The highest BCUT2D eigenvalue weighted by Crippen LogP contribution is 2.34. The molecule has 0 saturated heterocycles. The third-order valence-electron chi connectivity index (χ3n) is 6.31. The molecule has 38 heavy (non-hydrogen) atoms. The van der Waals surface area contributed by atoms with Crippen LogP contribution in [0.4, 0.5) is 13.2 Å². The highest BCUT2D eigenvalue weighted by atomic mass is 32.2. The number of rotatable bonds is 5. The molecule has 0 unspecified atom stereocenters. The number of hydrogen-bond donors (Lipinski definition) is 0. The van der Waals surface area contributed by atoms with Crippen molar-refractivity contribution in [2.45, 2.75) is 30.9 Å². The Balaban J connectivity index is 1.56. The fourth-order valence-electron chi connectivity index (χ4n) is 4.39. The molecule has 0 aliphatic carbocycles. The first kappa shape index (κ1) is 25.4. The van der Waals surface area contributed by atoms with Crippen molar-refractivity contribution >= 4 is 15.5 Å². The minimum atomic E-state index is -4.60. The minimum absolute atomic E-state index is 0.00626. The third-order valence-corrected chi connectivity index (χ3v) is 7.84. The molecular weight excluding hydrogens is 517 g/mol. The predicted octanol–water partition coefficient (Wildman–Crippen LogP) is 5.16. The molecule has 0 bridgehead atoms. The van der Waals surface area contributed by atoms with Gasteiger partial charge in [-0.1, -0.05) is 60.2 Å². The van der Waals surface area contributed by atoms with Gasteiger partial charge in [-0.25, -0.2) is 8.42 Å². The van der Waals surface area contributed by atoms with E-state index in [9.17, 15) is 26.4 Å². The van der Waals surface area contributed by atoms with Gasteiger partial charge in [0.2, 0.25) is 15.5 Å². The molecule has 3 aromatic carbocycles. The third kappa shape index (κ3) is 4.49. The molecule has 5 rings (SSSR count). The fourth-order valence-corrected chi connectivity index (χ4v) is 5.79. The van der Waals surface area contributed by atoms with Crippen LogP contribution in [0.25, 0.3) is 22.5 Å². The van der Waals surface area contributed by atoms with E-state index in [1.165, 1.54) is 31.5 Å². The number of hydrogen-bond acceptors (Lipinski definition) is 5. The standard InChI is InChI=1S/C27H21F3N4O3S/c1-17-10-12-19(13-11-17)21-7-4-3-6-20(21)16-38(36,37)26-32-31-24-25(35)33(14-15-34(24)26)23-9-5-8-22(18(23)2)27(28,29)30/h3-15H,16H2,1-2H3. The summed E-state index contributed by atoms with van der Waals surface area (Å²) < 4.78 is 69.1. The number of fused-ring (bicyclic) bond motifs is 1. The second kappa shape index (κ2) is 9.25. The fraction of sp³-hybridized carbons (Fsp3) is 0.148. The molecule has 0 atom stereocenters. The summed E-state index contributed by atoms with van der Waals surface area (Å²) in [5, 5.41) is 7.13. The number of aromatic nitrogens is 4. The summed E-state index contributed by atoms with van der Waals surface area (Å²) >= 11 is 0. The summed E-state index contributed by atoms with van der Waals surface area (Å²) in [6, 6.07) is 18.3. The van der Waals surface area contributed by atoms with Crippen LogP contribution >= 0.6 is 0 Å². The lowest BCUT2D eigenvalue weighted by molar-refractivity contribution is -0.138. The number of benzene rings is 3. The van der Waals surface area contributed by atoms with Crippen LogP contribution in [0.1, 0.15) is 22.3 Å². The molecule has 0 aliphatic heterocycles. The minimum Gasteiger partial charge on any atom is -0.279 e. The molecule has 5 aromatic rings. The molecule has 7 nitrogen and oxygen atoms in total. The van der Waals surface area contributed by atoms with Crippen molar-refractivity contribution in [3.63, 3.8) is 0 Å². The second-order valence-electron chi connectivity index (χ2n) is 8.88. The van der Waals surface area contributed by atoms with Crippen molar-refractivity contribution in [3.8, 4) is 16.8 Å². The van der Waals surface area contributed by atoms with E-state index < -0.39 is 38.0 Å². The molecule has 0 saturated carbocycles. The van der Waals surface area contributed by atoms with Crippen molar-refractivity contribution in [2.75, 3.05) is 0 Å². The van der Waals surface area contributed by atoms with Gasteiger partial charge in [0, 0.05) is 12.4 Å². The van der Waals surface area contributed by atoms with E-state index in [0.29, 0.717) is 5.56 Å². The highest BCUT2D eigenvalue weighted by Gasteiger charge is 2.33. The van der Waals surface area contributed by atoms with Crippen LogP contribution in [0.3, 0.4) is 0 Å². The van der Waals surface area contributed by atoms with Gasteiger partial charge < -0.3 is 0 Å². The highest BCUT2D eigenvalue weighted by molar-refractivity contribution is 7.90. The molecule has 0 aliphatic rings. The Hall–Kier alpha value is -4.25. The van der Waals surface area contributed by atoms with Crippen LogP contribution in [-0.2, 0) is 21.8 Å². The van der Waals surface area contributed by atoms with E-state index in [4.69, 9.17) is 0 Å². The Bertz CT molecular complexity index is 1840. The monoisotopic (exact) mass is 538 g/mol. The number of aryl methyl sites for hydroxylation is 1. The number of halogens is 3. The SMILES string of the molecule is Cc1ccc(-c2ccccc2CS(=O)(=O)c2nnc3c(=O)n(-c4cccc(C(F)(F)F)c4C)ccn23)cc1. The summed E-state index contributed by atoms with van der Waals surface area (Å²) in [4.78, 5) is 13.2. The molecule has 11 heteroatoms. The smallest absolute Gasteiger partial charge is 0.279 e. The zero-order valence-electron chi connectivity index (χ0n) is 20.3. The van der Waals surface area contributed by atoms with Crippen LogP contribution in [0, 0.1) is 13.8 Å². The summed E-state index contributed by atoms with van der Waals surface area (Å²) in [6.45, 7) is 3.22. The lowest BCUT2D eigenvalue weighted by Crippen LogP contribution is -2.22. The van der Waals surface area contributed by atoms with Gasteiger partial charge >= 0.3 is 11.7 Å². The van der Waals surface area contributed by atoms with Crippen molar-refractivity contribution in [1.82, 2.24) is 19.2 Å². The first-order chi connectivity index (χ1) is 18.0.